The van der Waals surface area contributed by atoms with E-state index in [-0.39, 0.29) is 30.4 Å². The van der Waals surface area contributed by atoms with Crippen molar-refractivity contribution in [2.75, 3.05) is 6.61 Å². The molecule has 0 aliphatic rings. The molecular formula is C17H30O4. The molecule has 0 aromatic heterocycles. The van der Waals surface area contributed by atoms with E-state index >= 15 is 0 Å². The van der Waals surface area contributed by atoms with E-state index in [1.807, 2.05) is 0 Å². The Kier molecular flexibility index (Phi) is 9.93. The zero-order valence-corrected chi connectivity index (χ0v) is 14.0. The maximum atomic E-state index is 11.6. The molecule has 0 radical (unpaired) electrons. The molecule has 4 nitrogen and oxygen atoms in total. The summed E-state index contributed by atoms with van der Waals surface area (Å²) in [5.41, 5.74) is -1.06. The molecule has 0 N–H and O–H groups in total. The molecule has 0 amide bonds. The number of esters is 1. The minimum Gasteiger partial charge on any atom is -0.466 e. The number of unbranched alkanes of at least 4 members (excludes halogenated alkanes) is 5. The van der Waals surface area contributed by atoms with E-state index in [0.717, 1.165) is 12.8 Å². The summed E-state index contributed by atoms with van der Waals surface area (Å²) >= 11 is 0. The van der Waals surface area contributed by atoms with Crippen molar-refractivity contribution in [3.8, 4) is 0 Å². The average Bonchev–Trinajstić information content (AvgIpc) is 2.43. The number of Topliss-reactive ketones (excluding diaryl/α,β-unsaturated/α-hetero) is 2. The SMILES string of the molecule is CCCCCCCCOC(=O)CCC(C)(C(C)=O)C(C)=O. The van der Waals surface area contributed by atoms with Gasteiger partial charge >= 0.3 is 5.97 Å². The highest BCUT2D eigenvalue weighted by atomic mass is 16.5. The Morgan fingerprint density at radius 3 is 1.95 bits per heavy atom. The molecule has 0 fully saturated rings. The Hall–Kier alpha value is -1.19. The number of carbonyl (C=O) groups excluding carboxylic acids is 3. The van der Waals surface area contributed by atoms with E-state index in [4.69, 9.17) is 4.74 Å². The van der Waals surface area contributed by atoms with E-state index < -0.39 is 5.41 Å². The van der Waals surface area contributed by atoms with Crippen LogP contribution >= 0.6 is 0 Å². The maximum absolute atomic E-state index is 11.6. The Balaban J connectivity index is 3.85. The topological polar surface area (TPSA) is 60.4 Å². The van der Waals surface area contributed by atoms with Crippen molar-refractivity contribution in [3.63, 3.8) is 0 Å². The summed E-state index contributed by atoms with van der Waals surface area (Å²) in [5.74, 6) is -0.713. The number of carbonyl (C=O) groups is 3. The molecule has 0 unspecified atom stereocenters. The van der Waals surface area contributed by atoms with E-state index in [1.165, 1.54) is 39.5 Å². The van der Waals surface area contributed by atoms with Crippen LogP contribution in [0.1, 0.15) is 79.1 Å². The first-order chi connectivity index (χ1) is 9.84. The molecule has 21 heavy (non-hydrogen) atoms. The summed E-state index contributed by atoms with van der Waals surface area (Å²) in [6, 6.07) is 0. The molecule has 0 bridgehead atoms. The summed E-state index contributed by atoms with van der Waals surface area (Å²) in [7, 11) is 0. The van der Waals surface area contributed by atoms with Crippen molar-refractivity contribution in [3.05, 3.63) is 0 Å². The van der Waals surface area contributed by atoms with E-state index in [9.17, 15) is 14.4 Å². The van der Waals surface area contributed by atoms with Gasteiger partial charge in [0.15, 0.2) is 0 Å². The first-order valence-corrected chi connectivity index (χ1v) is 8.02. The fourth-order valence-corrected chi connectivity index (χ4v) is 2.09. The smallest absolute Gasteiger partial charge is 0.305 e. The van der Waals surface area contributed by atoms with Crippen LogP contribution in [0.4, 0.5) is 0 Å². The predicted molar refractivity (Wildman–Crippen MR) is 83.0 cm³/mol. The summed E-state index contributed by atoms with van der Waals surface area (Å²) in [6.07, 6.45) is 7.20. The molecule has 0 aromatic rings. The normalized spacial score (nSPS) is 11.2. The third-order valence-electron chi connectivity index (χ3n) is 4.14. The molecule has 4 heteroatoms. The summed E-state index contributed by atoms with van der Waals surface area (Å²) in [4.78, 5) is 34.7. The van der Waals surface area contributed by atoms with Crippen molar-refractivity contribution < 1.29 is 19.1 Å². The Morgan fingerprint density at radius 2 is 1.43 bits per heavy atom. The second-order valence-electron chi connectivity index (χ2n) is 5.93. The van der Waals surface area contributed by atoms with Crippen LogP contribution in [-0.2, 0) is 19.1 Å². The van der Waals surface area contributed by atoms with Crippen molar-refractivity contribution >= 4 is 17.5 Å². The molecule has 122 valence electrons. The number of ketones is 2. The minimum absolute atomic E-state index is 0.117. The lowest BCUT2D eigenvalue weighted by atomic mass is 9.78. The number of hydrogen-bond donors (Lipinski definition) is 0. The first-order valence-electron chi connectivity index (χ1n) is 8.02. The largest absolute Gasteiger partial charge is 0.466 e. The lowest BCUT2D eigenvalue weighted by Crippen LogP contribution is -2.34. The van der Waals surface area contributed by atoms with Gasteiger partial charge in [0.1, 0.15) is 11.6 Å². The highest BCUT2D eigenvalue weighted by Gasteiger charge is 2.35. The monoisotopic (exact) mass is 298 g/mol. The fourth-order valence-electron chi connectivity index (χ4n) is 2.09. The summed E-state index contributed by atoms with van der Waals surface area (Å²) in [5, 5.41) is 0. The zero-order valence-electron chi connectivity index (χ0n) is 14.0. The van der Waals surface area contributed by atoms with Crippen molar-refractivity contribution in [1.29, 1.82) is 0 Å². The molecule has 0 aromatic carbocycles. The highest BCUT2D eigenvalue weighted by Crippen LogP contribution is 2.26. The molecule has 0 heterocycles. The van der Waals surface area contributed by atoms with Gasteiger partial charge in [-0.3, -0.25) is 14.4 Å². The molecule has 0 saturated carbocycles. The van der Waals surface area contributed by atoms with Crippen LogP contribution in [-0.4, -0.2) is 24.1 Å². The lowest BCUT2D eigenvalue weighted by molar-refractivity contribution is -0.145. The molecule has 0 atom stereocenters. The summed E-state index contributed by atoms with van der Waals surface area (Å²) < 4.78 is 5.14. The van der Waals surface area contributed by atoms with Gasteiger partial charge in [-0.15, -0.1) is 0 Å². The van der Waals surface area contributed by atoms with Crippen LogP contribution in [0.2, 0.25) is 0 Å². The zero-order chi connectivity index (χ0) is 16.3. The highest BCUT2D eigenvalue weighted by molar-refractivity contribution is 6.04. The molecule has 0 rings (SSSR count). The number of hydrogen-bond acceptors (Lipinski definition) is 4. The van der Waals surface area contributed by atoms with Crippen molar-refractivity contribution in [2.45, 2.75) is 79.1 Å². The van der Waals surface area contributed by atoms with Gasteiger partial charge < -0.3 is 4.74 Å². The Labute approximate surface area is 128 Å². The Bertz CT molecular complexity index is 333. The summed E-state index contributed by atoms with van der Waals surface area (Å²) in [6.45, 7) is 6.99. The third kappa shape index (κ3) is 7.98. The number of rotatable bonds is 12. The quantitative estimate of drug-likeness (QED) is 0.312. The van der Waals surface area contributed by atoms with Crippen LogP contribution in [0.15, 0.2) is 0 Å². The third-order valence-corrected chi connectivity index (χ3v) is 4.14. The van der Waals surface area contributed by atoms with Gasteiger partial charge in [-0.2, -0.15) is 0 Å². The molecule has 0 aliphatic carbocycles. The van der Waals surface area contributed by atoms with Crippen LogP contribution in [0.5, 0.6) is 0 Å². The minimum atomic E-state index is -1.06. The molecular weight excluding hydrogens is 268 g/mol. The number of ether oxygens (including phenoxy) is 1. The van der Waals surface area contributed by atoms with Gasteiger partial charge in [0, 0.05) is 6.42 Å². The van der Waals surface area contributed by atoms with Crippen LogP contribution < -0.4 is 0 Å². The van der Waals surface area contributed by atoms with Gasteiger partial charge in [0.25, 0.3) is 0 Å². The van der Waals surface area contributed by atoms with Crippen LogP contribution in [0, 0.1) is 5.41 Å². The second-order valence-corrected chi connectivity index (χ2v) is 5.93. The van der Waals surface area contributed by atoms with Crippen LogP contribution in [0.3, 0.4) is 0 Å². The van der Waals surface area contributed by atoms with Gasteiger partial charge in [-0.05, 0) is 33.6 Å². The fraction of sp³-hybridized carbons (Fsp3) is 0.824. The average molecular weight is 298 g/mol. The molecule has 0 aliphatic heterocycles. The van der Waals surface area contributed by atoms with Gasteiger partial charge in [-0.1, -0.05) is 39.0 Å². The maximum Gasteiger partial charge on any atom is 0.305 e. The molecule has 0 saturated heterocycles. The second kappa shape index (κ2) is 10.5. The van der Waals surface area contributed by atoms with E-state index in [0.29, 0.717) is 6.61 Å². The Morgan fingerprint density at radius 1 is 0.905 bits per heavy atom. The van der Waals surface area contributed by atoms with Crippen LogP contribution in [0.25, 0.3) is 0 Å². The van der Waals surface area contributed by atoms with Gasteiger partial charge in [0.2, 0.25) is 0 Å². The van der Waals surface area contributed by atoms with E-state index in [2.05, 4.69) is 6.92 Å². The van der Waals surface area contributed by atoms with Gasteiger partial charge in [0.05, 0.1) is 12.0 Å². The molecule has 0 spiro atoms. The van der Waals surface area contributed by atoms with Crippen molar-refractivity contribution in [2.24, 2.45) is 5.41 Å². The predicted octanol–water partition coefficient (Wildman–Crippen LogP) is 3.85. The van der Waals surface area contributed by atoms with Gasteiger partial charge in [-0.25, -0.2) is 0 Å². The standard InChI is InChI=1S/C17H30O4/c1-5-6-7-8-9-10-13-21-16(20)11-12-17(4,14(2)18)15(3)19/h5-13H2,1-4H3. The van der Waals surface area contributed by atoms with E-state index in [1.54, 1.807) is 6.92 Å². The first kappa shape index (κ1) is 19.8. The van der Waals surface area contributed by atoms with Crippen molar-refractivity contribution in [1.82, 2.24) is 0 Å². The lowest BCUT2D eigenvalue weighted by Gasteiger charge is -2.22.